The van der Waals surface area contributed by atoms with Crippen LogP contribution in [0.3, 0.4) is 0 Å². The first-order valence-electron chi connectivity index (χ1n) is 9.55. The highest BCUT2D eigenvalue weighted by Crippen LogP contribution is 2.26. The molecule has 1 saturated heterocycles. The first-order valence-corrected chi connectivity index (χ1v) is 12.3. The summed E-state index contributed by atoms with van der Waals surface area (Å²) in [5.41, 5.74) is 2.21. The van der Waals surface area contributed by atoms with Crippen LogP contribution in [-0.4, -0.2) is 51.4 Å². The van der Waals surface area contributed by atoms with Gasteiger partial charge >= 0.3 is 0 Å². The van der Waals surface area contributed by atoms with Gasteiger partial charge in [-0.2, -0.15) is 4.72 Å². The lowest BCUT2D eigenvalue weighted by Crippen LogP contribution is -2.56. The molecule has 1 aromatic carbocycles. The van der Waals surface area contributed by atoms with E-state index in [-0.39, 0.29) is 16.0 Å². The summed E-state index contributed by atoms with van der Waals surface area (Å²) in [6.45, 7) is 8.17. The molecule has 1 aliphatic rings. The maximum absolute atomic E-state index is 13.1. The predicted octanol–water partition coefficient (Wildman–Crippen LogP) is 3.36. The van der Waals surface area contributed by atoms with E-state index in [2.05, 4.69) is 9.62 Å². The van der Waals surface area contributed by atoms with Crippen molar-refractivity contribution in [3.63, 3.8) is 0 Å². The molecule has 1 atom stereocenters. The van der Waals surface area contributed by atoms with E-state index in [9.17, 15) is 13.2 Å². The Morgan fingerprint density at radius 2 is 1.86 bits per heavy atom. The SMILES string of the molecule is Cc1ccc(Cl)cc1N1CCN(C(=O)[C@H](NS(=O)(=O)c2cccs2)C(C)C)CC1. The molecule has 0 aliphatic carbocycles. The predicted molar refractivity (Wildman–Crippen MR) is 118 cm³/mol. The van der Waals surface area contributed by atoms with Crippen molar-refractivity contribution in [2.24, 2.45) is 5.92 Å². The summed E-state index contributed by atoms with van der Waals surface area (Å²) in [6.07, 6.45) is 0. The summed E-state index contributed by atoms with van der Waals surface area (Å²) in [5.74, 6) is -0.340. The van der Waals surface area contributed by atoms with Gasteiger partial charge in [-0.1, -0.05) is 37.6 Å². The third kappa shape index (κ3) is 5.12. The Labute approximate surface area is 181 Å². The van der Waals surface area contributed by atoms with Crippen molar-refractivity contribution in [3.8, 4) is 0 Å². The summed E-state index contributed by atoms with van der Waals surface area (Å²) in [6, 6.07) is 8.24. The van der Waals surface area contributed by atoms with Crippen molar-refractivity contribution >= 4 is 44.6 Å². The van der Waals surface area contributed by atoms with Gasteiger partial charge in [-0.15, -0.1) is 11.3 Å². The van der Waals surface area contributed by atoms with E-state index in [1.54, 1.807) is 22.4 Å². The van der Waals surface area contributed by atoms with Gasteiger partial charge in [0.15, 0.2) is 0 Å². The van der Waals surface area contributed by atoms with Gasteiger partial charge in [0.1, 0.15) is 10.3 Å². The molecule has 29 heavy (non-hydrogen) atoms. The molecule has 1 fully saturated rings. The van der Waals surface area contributed by atoms with Crippen LogP contribution in [0.5, 0.6) is 0 Å². The van der Waals surface area contributed by atoms with Crippen molar-refractivity contribution in [2.45, 2.75) is 31.0 Å². The third-order valence-corrected chi connectivity index (χ3v) is 8.15. The number of hydrogen-bond donors (Lipinski definition) is 1. The zero-order chi connectivity index (χ0) is 21.2. The zero-order valence-electron chi connectivity index (χ0n) is 16.8. The molecule has 1 aromatic heterocycles. The molecular weight excluding hydrogens is 430 g/mol. The van der Waals surface area contributed by atoms with Gasteiger partial charge in [0.05, 0.1) is 0 Å². The summed E-state index contributed by atoms with van der Waals surface area (Å²) >= 11 is 7.28. The second-order valence-corrected chi connectivity index (χ2v) is 10.8. The molecule has 1 aliphatic heterocycles. The number of thiophene rings is 1. The van der Waals surface area contributed by atoms with Crippen LogP contribution < -0.4 is 9.62 Å². The average Bonchev–Trinajstić information content (AvgIpc) is 3.23. The molecule has 0 radical (unpaired) electrons. The average molecular weight is 456 g/mol. The molecule has 0 unspecified atom stereocenters. The van der Waals surface area contributed by atoms with Crippen LogP contribution in [-0.2, 0) is 14.8 Å². The van der Waals surface area contributed by atoms with E-state index < -0.39 is 16.1 Å². The number of halogens is 1. The highest BCUT2D eigenvalue weighted by Gasteiger charge is 2.33. The molecule has 1 amide bonds. The minimum atomic E-state index is -3.71. The van der Waals surface area contributed by atoms with Gasteiger partial charge in [0.2, 0.25) is 5.91 Å². The van der Waals surface area contributed by atoms with E-state index in [0.717, 1.165) is 22.6 Å². The van der Waals surface area contributed by atoms with Gasteiger partial charge in [-0.3, -0.25) is 4.79 Å². The van der Waals surface area contributed by atoms with Crippen molar-refractivity contribution in [3.05, 3.63) is 46.3 Å². The molecule has 6 nitrogen and oxygen atoms in total. The Balaban J connectivity index is 1.68. The van der Waals surface area contributed by atoms with Crippen LogP contribution in [0.2, 0.25) is 5.02 Å². The fraction of sp³-hybridized carbons (Fsp3) is 0.450. The lowest BCUT2D eigenvalue weighted by molar-refractivity contribution is -0.134. The number of carbonyl (C=O) groups excluding carboxylic acids is 1. The second kappa shape index (κ2) is 9.04. The number of hydrogen-bond acceptors (Lipinski definition) is 5. The van der Waals surface area contributed by atoms with Crippen LogP contribution in [0.25, 0.3) is 0 Å². The molecule has 2 aromatic rings. The van der Waals surface area contributed by atoms with Gasteiger partial charge in [-0.25, -0.2) is 8.42 Å². The number of anilines is 1. The number of nitrogens with zero attached hydrogens (tertiary/aromatic N) is 2. The minimum absolute atomic E-state index is 0.162. The molecular formula is C20H26ClN3O3S2. The zero-order valence-corrected chi connectivity index (χ0v) is 19.1. The second-order valence-electron chi connectivity index (χ2n) is 7.52. The number of rotatable bonds is 6. The maximum atomic E-state index is 13.1. The number of carbonyl (C=O) groups is 1. The van der Waals surface area contributed by atoms with E-state index in [1.165, 1.54) is 0 Å². The van der Waals surface area contributed by atoms with Gasteiger partial charge < -0.3 is 9.80 Å². The Morgan fingerprint density at radius 1 is 1.17 bits per heavy atom. The van der Waals surface area contributed by atoms with Crippen LogP contribution in [0.15, 0.2) is 39.9 Å². The fourth-order valence-electron chi connectivity index (χ4n) is 3.40. The van der Waals surface area contributed by atoms with Crippen molar-refractivity contribution in [1.29, 1.82) is 0 Å². The molecule has 0 saturated carbocycles. The van der Waals surface area contributed by atoms with Gasteiger partial charge in [0, 0.05) is 36.9 Å². The summed E-state index contributed by atoms with van der Waals surface area (Å²) in [5, 5.41) is 2.39. The topological polar surface area (TPSA) is 69.7 Å². The Kier molecular flexibility index (Phi) is 6.88. The summed E-state index contributed by atoms with van der Waals surface area (Å²) in [7, 11) is -3.71. The van der Waals surface area contributed by atoms with Gasteiger partial charge in [0.25, 0.3) is 10.0 Å². The van der Waals surface area contributed by atoms with Crippen molar-refractivity contribution in [1.82, 2.24) is 9.62 Å². The summed E-state index contributed by atoms with van der Waals surface area (Å²) in [4.78, 5) is 17.1. The number of benzene rings is 1. The molecule has 0 bridgehead atoms. The third-order valence-electron chi connectivity index (χ3n) is 5.08. The Bertz CT molecular complexity index is 953. The lowest BCUT2D eigenvalue weighted by atomic mass is 10.0. The van der Waals surface area contributed by atoms with Crippen LogP contribution in [0.4, 0.5) is 5.69 Å². The first kappa shape index (κ1) is 22.1. The molecule has 158 valence electrons. The normalized spacial score (nSPS) is 16.3. The van der Waals surface area contributed by atoms with Crippen LogP contribution in [0.1, 0.15) is 19.4 Å². The monoisotopic (exact) mass is 455 g/mol. The molecule has 2 heterocycles. The highest BCUT2D eigenvalue weighted by atomic mass is 35.5. The number of piperazine rings is 1. The van der Waals surface area contributed by atoms with Crippen molar-refractivity contribution < 1.29 is 13.2 Å². The minimum Gasteiger partial charge on any atom is -0.368 e. The molecule has 3 rings (SSSR count). The van der Waals surface area contributed by atoms with E-state index in [0.29, 0.717) is 31.2 Å². The van der Waals surface area contributed by atoms with E-state index >= 15 is 0 Å². The standard InChI is InChI=1S/C20H26ClN3O3S2/c1-14(2)19(22-29(26,27)18-5-4-12-28-18)20(25)24-10-8-23(9-11-24)17-13-16(21)7-6-15(17)3/h4-7,12-14,19,22H,8-11H2,1-3H3/t19-/m1/s1. The first-order chi connectivity index (χ1) is 13.7. The van der Waals surface area contributed by atoms with Gasteiger partial charge in [-0.05, 0) is 42.0 Å². The lowest BCUT2D eigenvalue weighted by Gasteiger charge is -2.38. The van der Waals surface area contributed by atoms with E-state index in [1.807, 2.05) is 39.0 Å². The maximum Gasteiger partial charge on any atom is 0.250 e. The molecule has 0 spiro atoms. The van der Waals surface area contributed by atoms with Crippen molar-refractivity contribution in [2.75, 3.05) is 31.1 Å². The number of nitrogens with one attached hydrogen (secondary N) is 1. The van der Waals surface area contributed by atoms with Crippen LogP contribution in [0, 0.1) is 12.8 Å². The quantitative estimate of drug-likeness (QED) is 0.725. The largest absolute Gasteiger partial charge is 0.368 e. The smallest absolute Gasteiger partial charge is 0.250 e. The fourth-order valence-corrected chi connectivity index (χ4v) is 5.91. The van der Waals surface area contributed by atoms with Crippen LogP contribution >= 0.6 is 22.9 Å². The Morgan fingerprint density at radius 3 is 2.45 bits per heavy atom. The highest BCUT2D eigenvalue weighted by molar-refractivity contribution is 7.91. The summed E-state index contributed by atoms with van der Waals surface area (Å²) < 4.78 is 28.1. The number of amides is 1. The molecule has 9 heteroatoms. The molecule has 1 N–H and O–H groups in total. The number of aryl methyl sites for hydroxylation is 1. The number of sulfonamides is 1. The Hall–Kier alpha value is -1.61. The van der Waals surface area contributed by atoms with E-state index in [4.69, 9.17) is 11.6 Å².